The van der Waals surface area contributed by atoms with Crippen molar-refractivity contribution in [3.8, 4) is 5.75 Å². The van der Waals surface area contributed by atoms with Gasteiger partial charge in [-0.1, -0.05) is 54.6 Å². The molecular weight excluding hydrogens is 420 g/mol. The molecule has 0 saturated heterocycles. The van der Waals surface area contributed by atoms with Gasteiger partial charge in [0.25, 0.3) is 5.56 Å². The molecule has 3 aromatic carbocycles. The first-order valence-electron chi connectivity index (χ1n) is 10.3. The molecule has 0 spiro atoms. The Bertz CT molecular complexity index is 1640. The number of benzene rings is 3. The lowest BCUT2D eigenvalue weighted by Crippen LogP contribution is -2.29. The number of aromatic hydroxyl groups is 1. The molecule has 0 aliphatic heterocycles. The molecule has 0 amide bonds. The molecule has 2 heterocycles. The molecule has 5 aromatic rings. The molecule has 0 aliphatic carbocycles. The third kappa shape index (κ3) is 3.76. The fourth-order valence-electron chi connectivity index (χ4n) is 3.84. The van der Waals surface area contributed by atoms with E-state index in [0.717, 1.165) is 16.3 Å². The zero-order chi connectivity index (χ0) is 22.9. The summed E-state index contributed by atoms with van der Waals surface area (Å²) in [4.78, 5) is 31.7. The predicted molar refractivity (Wildman–Crippen MR) is 128 cm³/mol. The van der Waals surface area contributed by atoms with Crippen LogP contribution in [-0.2, 0) is 13.6 Å². The number of hydrazone groups is 1. The summed E-state index contributed by atoms with van der Waals surface area (Å²) in [7, 11) is 1.55. The average Bonchev–Trinajstić information content (AvgIpc) is 3.17. The Labute approximate surface area is 187 Å². The first-order chi connectivity index (χ1) is 16.0. The van der Waals surface area contributed by atoms with Gasteiger partial charge in [-0.05, 0) is 34.0 Å². The van der Waals surface area contributed by atoms with Gasteiger partial charge in [-0.25, -0.2) is 10.2 Å². The molecule has 0 bridgehead atoms. The third-order valence-corrected chi connectivity index (χ3v) is 5.46. The highest BCUT2D eigenvalue weighted by Crippen LogP contribution is 2.23. The summed E-state index contributed by atoms with van der Waals surface area (Å²) in [6, 6.07) is 20.6. The van der Waals surface area contributed by atoms with Crippen LogP contribution in [0.3, 0.4) is 0 Å². The minimum atomic E-state index is -0.544. The van der Waals surface area contributed by atoms with Crippen LogP contribution in [0.25, 0.3) is 21.9 Å². The van der Waals surface area contributed by atoms with Crippen molar-refractivity contribution in [2.45, 2.75) is 6.54 Å². The minimum absolute atomic E-state index is 0.128. The fraction of sp³-hybridized carbons (Fsp3) is 0.0833. The molecule has 0 atom stereocenters. The lowest BCUT2D eigenvalue weighted by Gasteiger charge is -2.11. The number of nitrogens with one attached hydrogen (secondary N) is 2. The molecule has 164 valence electrons. The summed E-state index contributed by atoms with van der Waals surface area (Å²) < 4.78 is 3.00. The largest absolute Gasteiger partial charge is 0.508 e. The number of hydrogen-bond donors (Lipinski definition) is 3. The van der Waals surface area contributed by atoms with E-state index >= 15 is 0 Å². The van der Waals surface area contributed by atoms with E-state index in [1.165, 1.54) is 10.8 Å². The number of phenolic OH excluding ortho intramolecular Hbond substituents is 1. The van der Waals surface area contributed by atoms with Gasteiger partial charge in [0.05, 0.1) is 12.8 Å². The Morgan fingerprint density at radius 3 is 2.73 bits per heavy atom. The molecule has 33 heavy (non-hydrogen) atoms. The maximum absolute atomic E-state index is 12.7. The van der Waals surface area contributed by atoms with E-state index in [0.29, 0.717) is 18.1 Å². The number of H-pyrrole nitrogens is 1. The maximum atomic E-state index is 12.7. The molecule has 0 fully saturated rings. The van der Waals surface area contributed by atoms with Gasteiger partial charge >= 0.3 is 5.69 Å². The van der Waals surface area contributed by atoms with Crippen LogP contribution in [-0.4, -0.2) is 30.4 Å². The number of phenols is 1. The molecule has 5 rings (SSSR count). The number of anilines is 1. The molecule has 0 aliphatic rings. The topological polar surface area (TPSA) is 117 Å². The first-order valence-corrected chi connectivity index (χ1v) is 10.3. The average molecular weight is 440 g/mol. The summed E-state index contributed by atoms with van der Waals surface area (Å²) in [6.07, 6.45) is 1.53. The molecular formula is C24H20N6O3. The van der Waals surface area contributed by atoms with Crippen molar-refractivity contribution in [3.63, 3.8) is 0 Å². The van der Waals surface area contributed by atoms with E-state index in [4.69, 9.17) is 0 Å². The number of fused-ring (bicyclic) bond motifs is 2. The molecule has 2 aromatic heterocycles. The minimum Gasteiger partial charge on any atom is -0.508 e. The second-order valence-corrected chi connectivity index (χ2v) is 7.62. The van der Waals surface area contributed by atoms with Crippen LogP contribution in [0.2, 0.25) is 0 Å². The highest BCUT2D eigenvalue weighted by Gasteiger charge is 2.18. The van der Waals surface area contributed by atoms with Crippen LogP contribution in [0.4, 0.5) is 5.95 Å². The molecule has 0 unspecified atom stereocenters. The van der Waals surface area contributed by atoms with E-state index in [2.05, 4.69) is 20.5 Å². The lowest BCUT2D eigenvalue weighted by molar-refractivity contribution is 0.475. The van der Waals surface area contributed by atoms with Gasteiger partial charge in [0, 0.05) is 7.05 Å². The van der Waals surface area contributed by atoms with Crippen molar-refractivity contribution >= 4 is 34.1 Å². The molecule has 9 nitrogen and oxygen atoms in total. The SMILES string of the molecule is Cn1c(=O)[nH]c(=O)c2c1nc(NN=Cc1cccc(O)c1)n2Cc1cccc2ccccc12. The van der Waals surface area contributed by atoms with Crippen LogP contribution in [0.1, 0.15) is 11.1 Å². The van der Waals surface area contributed by atoms with Crippen molar-refractivity contribution in [2.24, 2.45) is 12.1 Å². The van der Waals surface area contributed by atoms with Crippen LogP contribution >= 0.6 is 0 Å². The van der Waals surface area contributed by atoms with Gasteiger partial charge in [0.1, 0.15) is 5.75 Å². The van der Waals surface area contributed by atoms with E-state index in [1.807, 2.05) is 42.5 Å². The molecule has 3 N–H and O–H groups in total. The Balaban J connectivity index is 1.63. The molecule has 0 radical (unpaired) electrons. The molecule has 0 saturated carbocycles. The van der Waals surface area contributed by atoms with Gasteiger partial charge in [0.2, 0.25) is 5.95 Å². The Morgan fingerprint density at radius 2 is 1.88 bits per heavy atom. The second-order valence-electron chi connectivity index (χ2n) is 7.62. The van der Waals surface area contributed by atoms with Crippen molar-refractivity contribution in [1.29, 1.82) is 0 Å². The van der Waals surface area contributed by atoms with Crippen molar-refractivity contribution in [1.82, 2.24) is 19.1 Å². The Morgan fingerprint density at radius 1 is 1.09 bits per heavy atom. The highest BCUT2D eigenvalue weighted by atomic mass is 16.3. The smallest absolute Gasteiger partial charge is 0.329 e. The highest BCUT2D eigenvalue weighted by molar-refractivity contribution is 5.86. The predicted octanol–water partition coefficient (Wildman–Crippen LogP) is 2.78. The number of rotatable bonds is 5. The van der Waals surface area contributed by atoms with Crippen LogP contribution in [0.5, 0.6) is 5.75 Å². The van der Waals surface area contributed by atoms with Crippen molar-refractivity contribution in [3.05, 3.63) is 98.7 Å². The van der Waals surface area contributed by atoms with E-state index < -0.39 is 11.2 Å². The zero-order valence-electron chi connectivity index (χ0n) is 17.7. The number of nitrogens with zero attached hydrogens (tertiary/aromatic N) is 4. The van der Waals surface area contributed by atoms with Crippen LogP contribution in [0.15, 0.2) is 81.4 Å². The number of imidazole rings is 1. The van der Waals surface area contributed by atoms with Crippen LogP contribution < -0.4 is 16.7 Å². The standard InChI is InChI=1S/C24H20N6O3/c1-29-21-20(22(32)27-24(29)33)30(14-17-9-5-8-16-7-2-3-11-19(16)17)23(26-21)28-25-13-15-6-4-10-18(31)12-15/h2-13,31H,14H2,1H3,(H,26,28)(H,27,32,33). The van der Waals surface area contributed by atoms with Gasteiger partial charge in [-0.3, -0.25) is 18.9 Å². The van der Waals surface area contributed by atoms with Crippen LogP contribution in [0, 0.1) is 0 Å². The lowest BCUT2D eigenvalue weighted by atomic mass is 10.0. The van der Waals surface area contributed by atoms with Crippen molar-refractivity contribution < 1.29 is 5.11 Å². The normalized spacial score (nSPS) is 11.5. The third-order valence-electron chi connectivity index (χ3n) is 5.46. The first kappa shape index (κ1) is 20.3. The maximum Gasteiger partial charge on any atom is 0.329 e. The summed E-state index contributed by atoms with van der Waals surface area (Å²) >= 11 is 0. The van der Waals surface area contributed by atoms with Gasteiger partial charge in [-0.2, -0.15) is 10.1 Å². The Kier molecular flexibility index (Phi) is 4.98. The van der Waals surface area contributed by atoms with E-state index in [-0.39, 0.29) is 16.9 Å². The number of aryl methyl sites for hydroxylation is 1. The number of aromatic nitrogens is 4. The Hall–Kier alpha value is -4.66. The van der Waals surface area contributed by atoms with Gasteiger partial charge in [0.15, 0.2) is 11.2 Å². The fourth-order valence-corrected chi connectivity index (χ4v) is 3.84. The summed E-state index contributed by atoms with van der Waals surface area (Å²) in [5.74, 6) is 0.435. The van der Waals surface area contributed by atoms with Gasteiger partial charge < -0.3 is 5.11 Å². The number of hydrogen-bond acceptors (Lipinski definition) is 6. The molecule has 9 heteroatoms. The summed E-state index contributed by atoms with van der Waals surface area (Å²) in [5.41, 5.74) is 4.00. The second kappa shape index (κ2) is 8.12. The zero-order valence-corrected chi connectivity index (χ0v) is 17.7. The van der Waals surface area contributed by atoms with E-state index in [1.54, 1.807) is 35.9 Å². The quantitative estimate of drug-likeness (QED) is 0.287. The summed E-state index contributed by atoms with van der Waals surface area (Å²) in [5, 5.41) is 16.0. The number of aromatic amines is 1. The van der Waals surface area contributed by atoms with E-state index in [9.17, 15) is 14.7 Å². The monoisotopic (exact) mass is 440 g/mol. The summed E-state index contributed by atoms with van der Waals surface area (Å²) in [6.45, 7) is 0.336. The van der Waals surface area contributed by atoms with Crippen molar-refractivity contribution in [2.75, 3.05) is 5.43 Å². The van der Waals surface area contributed by atoms with Gasteiger partial charge in [-0.15, -0.1) is 0 Å².